The Balaban J connectivity index is 0.00000180. The number of methoxy groups -OCH3 is 1. The summed E-state index contributed by atoms with van der Waals surface area (Å²) in [5, 5.41) is 3.28. The Morgan fingerprint density at radius 2 is 2.21 bits per heavy atom. The topological polar surface area (TPSA) is 41.6 Å². The lowest BCUT2D eigenvalue weighted by Crippen LogP contribution is -2.38. The van der Waals surface area contributed by atoms with Crippen molar-refractivity contribution in [3.05, 3.63) is 35.4 Å². The third-order valence-electron chi connectivity index (χ3n) is 3.45. The number of hydrogen-bond donors (Lipinski definition) is 1. The predicted octanol–water partition coefficient (Wildman–Crippen LogP) is 1.69. The minimum atomic E-state index is 0. The van der Waals surface area contributed by atoms with E-state index < -0.39 is 0 Å². The van der Waals surface area contributed by atoms with Crippen molar-refractivity contribution in [1.82, 2.24) is 10.2 Å². The normalized spacial score (nSPS) is 17.9. The fourth-order valence-electron chi connectivity index (χ4n) is 2.34. The number of ether oxygens (including phenoxy) is 1. The van der Waals surface area contributed by atoms with E-state index in [0.29, 0.717) is 12.6 Å². The van der Waals surface area contributed by atoms with E-state index in [1.165, 1.54) is 0 Å². The Morgan fingerprint density at radius 3 is 2.84 bits per heavy atom. The molecular weight excluding hydrogens is 264 g/mol. The van der Waals surface area contributed by atoms with Gasteiger partial charge in [0.1, 0.15) is 0 Å². The van der Waals surface area contributed by atoms with Crippen LogP contribution in [-0.2, 0) is 11.3 Å². The van der Waals surface area contributed by atoms with Crippen molar-refractivity contribution in [3.63, 3.8) is 0 Å². The Bertz CT molecular complexity index is 420. The number of nitrogens with one attached hydrogen (secondary N) is 1. The quantitative estimate of drug-likeness (QED) is 0.915. The standard InChI is InChI=1S/C14H20N2O2.ClH/c1-16(12-7-8-15-9-12)14(17)13-6-4-3-5-11(13)10-18-2;/h3-6,12,15H,7-10H2,1-2H3;1H. The molecule has 106 valence electrons. The van der Waals surface area contributed by atoms with Crippen molar-refractivity contribution < 1.29 is 9.53 Å². The molecule has 0 radical (unpaired) electrons. The van der Waals surface area contributed by atoms with Crippen LogP contribution >= 0.6 is 12.4 Å². The Labute approximate surface area is 120 Å². The van der Waals surface area contributed by atoms with E-state index in [0.717, 1.165) is 30.6 Å². The van der Waals surface area contributed by atoms with Gasteiger partial charge < -0.3 is 15.0 Å². The number of benzene rings is 1. The molecule has 5 heteroatoms. The molecule has 1 heterocycles. The van der Waals surface area contributed by atoms with Crippen molar-refractivity contribution in [2.45, 2.75) is 19.1 Å². The summed E-state index contributed by atoms with van der Waals surface area (Å²) in [6.45, 7) is 2.34. The molecule has 1 fully saturated rings. The summed E-state index contributed by atoms with van der Waals surface area (Å²) in [6, 6.07) is 7.94. The first-order valence-corrected chi connectivity index (χ1v) is 6.28. The molecule has 1 aromatic carbocycles. The number of rotatable bonds is 4. The Kier molecular flexibility index (Phi) is 6.28. The van der Waals surface area contributed by atoms with Crippen LogP contribution in [0.1, 0.15) is 22.3 Å². The van der Waals surface area contributed by atoms with Crippen LogP contribution in [0.4, 0.5) is 0 Å². The van der Waals surface area contributed by atoms with E-state index in [4.69, 9.17) is 4.74 Å². The van der Waals surface area contributed by atoms with E-state index in [1.54, 1.807) is 7.11 Å². The maximum absolute atomic E-state index is 12.5. The van der Waals surface area contributed by atoms with Gasteiger partial charge in [-0.2, -0.15) is 0 Å². The third kappa shape index (κ3) is 3.69. The second-order valence-electron chi connectivity index (χ2n) is 4.65. The Morgan fingerprint density at radius 1 is 1.47 bits per heavy atom. The van der Waals surface area contributed by atoms with Gasteiger partial charge in [0.25, 0.3) is 5.91 Å². The number of likely N-dealkylation sites (N-methyl/N-ethyl adjacent to an activating group) is 1. The minimum absolute atomic E-state index is 0. The van der Waals surface area contributed by atoms with Crippen LogP contribution in [0.25, 0.3) is 0 Å². The van der Waals surface area contributed by atoms with Crippen LogP contribution in [0.2, 0.25) is 0 Å². The molecule has 1 aliphatic heterocycles. The number of amides is 1. The van der Waals surface area contributed by atoms with Gasteiger partial charge in [-0.15, -0.1) is 12.4 Å². The van der Waals surface area contributed by atoms with Crippen LogP contribution in [0.3, 0.4) is 0 Å². The van der Waals surface area contributed by atoms with Gasteiger partial charge in [-0.1, -0.05) is 18.2 Å². The molecule has 1 amide bonds. The number of carbonyl (C=O) groups is 1. The van der Waals surface area contributed by atoms with Crippen molar-refractivity contribution in [2.24, 2.45) is 0 Å². The van der Waals surface area contributed by atoms with Crippen molar-refractivity contribution >= 4 is 18.3 Å². The second-order valence-corrected chi connectivity index (χ2v) is 4.65. The lowest BCUT2D eigenvalue weighted by atomic mass is 10.1. The van der Waals surface area contributed by atoms with Crippen LogP contribution in [0, 0.1) is 0 Å². The van der Waals surface area contributed by atoms with Gasteiger partial charge in [0, 0.05) is 32.3 Å². The molecule has 0 spiro atoms. The highest BCUT2D eigenvalue weighted by molar-refractivity contribution is 5.95. The number of hydrogen-bond acceptors (Lipinski definition) is 3. The van der Waals surface area contributed by atoms with Crippen LogP contribution < -0.4 is 5.32 Å². The zero-order chi connectivity index (χ0) is 13.0. The zero-order valence-electron chi connectivity index (χ0n) is 11.4. The summed E-state index contributed by atoms with van der Waals surface area (Å²) < 4.78 is 5.14. The van der Waals surface area contributed by atoms with Gasteiger partial charge in [0.05, 0.1) is 6.61 Å². The largest absolute Gasteiger partial charge is 0.380 e. The highest BCUT2D eigenvalue weighted by atomic mass is 35.5. The molecule has 0 aromatic heterocycles. The fourth-order valence-corrected chi connectivity index (χ4v) is 2.34. The second kappa shape index (κ2) is 7.48. The molecule has 19 heavy (non-hydrogen) atoms. The predicted molar refractivity (Wildman–Crippen MR) is 77.8 cm³/mol. The molecule has 0 aliphatic carbocycles. The van der Waals surface area contributed by atoms with Crippen molar-refractivity contribution in [1.29, 1.82) is 0 Å². The highest BCUT2D eigenvalue weighted by Crippen LogP contribution is 2.15. The average Bonchev–Trinajstić information content (AvgIpc) is 2.92. The molecule has 1 aliphatic rings. The summed E-state index contributed by atoms with van der Waals surface area (Å²) in [5.41, 5.74) is 1.69. The number of nitrogens with zero attached hydrogens (tertiary/aromatic N) is 1. The van der Waals surface area contributed by atoms with E-state index in [9.17, 15) is 4.79 Å². The molecule has 1 atom stereocenters. The Hall–Kier alpha value is -1.10. The smallest absolute Gasteiger partial charge is 0.254 e. The van der Waals surface area contributed by atoms with Crippen LogP contribution in [0.5, 0.6) is 0 Å². The van der Waals surface area contributed by atoms with Gasteiger partial charge in [0.2, 0.25) is 0 Å². The van der Waals surface area contributed by atoms with Crippen LogP contribution in [0.15, 0.2) is 24.3 Å². The zero-order valence-corrected chi connectivity index (χ0v) is 12.2. The van der Waals surface area contributed by atoms with E-state index in [-0.39, 0.29) is 18.3 Å². The molecule has 1 N–H and O–H groups in total. The molecular formula is C14H21ClN2O2. The first-order valence-electron chi connectivity index (χ1n) is 6.28. The van der Waals surface area contributed by atoms with E-state index in [1.807, 2.05) is 36.2 Å². The minimum Gasteiger partial charge on any atom is -0.380 e. The molecule has 2 rings (SSSR count). The van der Waals surface area contributed by atoms with Gasteiger partial charge in [-0.05, 0) is 24.6 Å². The lowest BCUT2D eigenvalue weighted by molar-refractivity contribution is 0.0739. The highest BCUT2D eigenvalue weighted by Gasteiger charge is 2.25. The molecule has 1 saturated heterocycles. The molecule has 0 bridgehead atoms. The molecule has 1 aromatic rings. The third-order valence-corrected chi connectivity index (χ3v) is 3.45. The van der Waals surface area contributed by atoms with E-state index >= 15 is 0 Å². The first kappa shape index (κ1) is 16.0. The number of carbonyl (C=O) groups excluding carboxylic acids is 1. The maximum atomic E-state index is 12.5. The van der Waals surface area contributed by atoms with Crippen molar-refractivity contribution in [2.75, 3.05) is 27.2 Å². The SMILES string of the molecule is COCc1ccccc1C(=O)N(C)C1CCNC1.Cl. The van der Waals surface area contributed by atoms with Gasteiger partial charge in [-0.25, -0.2) is 0 Å². The maximum Gasteiger partial charge on any atom is 0.254 e. The summed E-state index contributed by atoms with van der Waals surface area (Å²) in [6.07, 6.45) is 1.02. The summed E-state index contributed by atoms with van der Waals surface area (Å²) in [5.74, 6) is 0.0800. The van der Waals surface area contributed by atoms with Crippen molar-refractivity contribution in [3.8, 4) is 0 Å². The number of halogens is 1. The summed E-state index contributed by atoms with van der Waals surface area (Å²) in [7, 11) is 3.52. The first-order chi connectivity index (χ1) is 8.74. The average molecular weight is 285 g/mol. The van der Waals surface area contributed by atoms with Gasteiger partial charge in [0.15, 0.2) is 0 Å². The van der Waals surface area contributed by atoms with Gasteiger partial charge in [-0.3, -0.25) is 4.79 Å². The van der Waals surface area contributed by atoms with E-state index in [2.05, 4.69) is 5.32 Å². The van der Waals surface area contributed by atoms with Gasteiger partial charge >= 0.3 is 0 Å². The molecule has 1 unspecified atom stereocenters. The van der Waals surface area contributed by atoms with Crippen LogP contribution in [-0.4, -0.2) is 44.1 Å². The summed E-state index contributed by atoms with van der Waals surface area (Å²) >= 11 is 0. The monoisotopic (exact) mass is 284 g/mol. The fraction of sp³-hybridized carbons (Fsp3) is 0.500. The molecule has 4 nitrogen and oxygen atoms in total. The summed E-state index contributed by atoms with van der Waals surface area (Å²) in [4.78, 5) is 14.3. The molecule has 0 saturated carbocycles. The lowest BCUT2D eigenvalue weighted by Gasteiger charge is -2.24.